The molecule has 0 aliphatic rings. The van der Waals surface area contributed by atoms with E-state index in [9.17, 15) is 35.9 Å². The van der Waals surface area contributed by atoms with Gasteiger partial charge in [0.2, 0.25) is 5.91 Å². The third-order valence-electron chi connectivity index (χ3n) is 4.15. The maximum Gasteiger partial charge on any atom is 0.416 e. The monoisotopic (exact) mass is 461 g/mol. The fraction of sp³-hybridized carbons (Fsp3) is 0.211. The number of carbonyl (C=O) groups is 1. The van der Waals surface area contributed by atoms with Crippen LogP contribution in [-0.2, 0) is 24.2 Å². The van der Waals surface area contributed by atoms with Gasteiger partial charge in [0.15, 0.2) is 5.16 Å². The van der Waals surface area contributed by atoms with E-state index in [0.29, 0.717) is 23.0 Å². The quantitative estimate of drug-likeness (QED) is 0.348. The van der Waals surface area contributed by atoms with E-state index >= 15 is 0 Å². The lowest BCUT2D eigenvalue weighted by Crippen LogP contribution is -2.21. The van der Waals surface area contributed by atoms with Gasteiger partial charge in [0.1, 0.15) is 0 Å². The lowest BCUT2D eigenvalue weighted by molar-refractivity contribution is -0.143. The number of benzene rings is 2. The van der Waals surface area contributed by atoms with Crippen molar-refractivity contribution in [2.24, 2.45) is 7.05 Å². The lowest BCUT2D eigenvalue weighted by Gasteiger charge is -2.15. The molecule has 0 atom stereocenters. The van der Waals surface area contributed by atoms with Crippen molar-refractivity contribution >= 4 is 34.3 Å². The zero-order valence-corrected chi connectivity index (χ0v) is 16.5. The van der Waals surface area contributed by atoms with E-state index in [1.165, 1.54) is 11.6 Å². The first-order chi connectivity index (χ1) is 14.4. The summed E-state index contributed by atoms with van der Waals surface area (Å²) < 4.78 is 78.8. The molecule has 0 saturated carbocycles. The summed E-state index contributed by atoms with van der Waals surface area (Å²) in [5.41, 5.74) is -3.69. The predicted molar refractivity (Wildman–Crippen MR) is 103 cm³/mol. The zero-order chi connectivity index (χ0) is 23.0. The number of amides is 1. The van der Waals surface area contributed by atoms with Gasteiger partial charge < -0.3 is 5.32 Å². The number of halogens is 6. The summed E-state index contributed by atoms with van der Waals surface area (Å²) in [4.78, 5) is 28.8. The number of alkyl halides is 6. The standard InChI is InChI=1S/C19H13F6N3O2S/c1-28-16(30)13-4-2-3-5-14(13)27-17(28)31-9-15(29)26-12-7-10(18(20,21)22)6-11(8-12)19(23,24)25/h2-8H,9H2,1H3,(H,26,29). The van der Waals surface area contributed by atoms with Crippen LogP contribution in [0.5, 0.6) is 0 Å². The number of rotatable bonds is 4. The Hall–Kier alpha value is -3.02. The third-order valence-corrected chi connectivity index (χ3v) is 5.18. The number of anilines is 1. The highest BCUT2D eigenvalue weighted by atomic mass is 32.2. The Labute approximate surface area is 175 Å². The molecule has 3 rings (SSSR count). The van der Waals surface area contributed by atoms with Crippen molar-refractivity contribution in [3.8, 4) is 0 Å². The number of fused-ring (bicyclic) bond motifs is 1. The maximum atomic E-state index is 12.9. The average molecular weight is 461 g/mol. The summed E-state index contributed by atoms with van der Waals surface area (Å²) >= 11 is 0.818. The number of nitrogens with zero attached hydrogens (tertiary/aromatic N) is 2. The summed E-state index contributed by atoms with van der Waals surface area (Å²) in [6.45, 7) is 0. The largest absolute Gasteiger partial charge is 0.416 e. The molecule has 31 heavy (non-hydrogen) atoms. The van der Waals surface area contributed by atoms with Gasteiger partial charge in [-0.2, -0.15) is 26.3 Å². The number of hydrogen-bond acceptors (Lipinski definition) is 4. The van der Waals surface area contributed by atoms with Crippen LogP contribution in [0.15, 0.2) is 52.4 Å². The van der Waals surface area contributed by atoms with Crippen molar-refractivity contribution in [2.75, 3.05) is 11.1 Å². The number of thioether (sulfide) groups is 1. The number of aromatic nitrogens is 2. The van der Waals surface area contributed by atoms with Gasteiger partial charge in [-0.25, -0.2) is 4.98 Å². The molecule has 0 radical (unpaired) electrons. The van der Waals surface area contributed by atoms with Crippen LogP contribution in [0.25, 0.3) is 10.9 Å². The summed E-state index contributed by atoms with van der Waals surface area (Å²) in [6, 6.07) is 7.32. The van der Waals surface area contributed by atoms with Crippen LogP contribution in [0.4, 0.5) is 32.0 Å². The van der Waals surface area contributed by atoms with Crippen LogP contribution >= 0.6 is 11.8 Å². The van der Waals surface area contributed by atoms with Gasteiger partial charge in [0, 0.05) is 12.7 Å². The second-order valence-electron chi connectivity index (χ2n) is 6.41. The highest BCUT2D eigenvalue weighted by molar-refractivity contribution is 7.99. The second kappa shape index (κ2) is 8.25. The Kier molecular flexibility index (Phi) is 6.03. The van der Waals surface area contributed by atoms with E-state index in [4.69, 9.17) is 0 Å². The molecule has 12 heteroatoms. The minimum absolute atomic E-state index is 0.0286. The molecule has 0 aliphatic carbocycles. The van der Waals surface area contributed by atoms with Gasteiger partial charge >= 0.3 is 12.4 Å². The molecule has 1 heterocycles. The van der Waals surface area contributed by atoms with Crippen molar-refractivity contribution in [1.29, 1.82) is 0 Å². The van der Waals surface area contributed by atoms with E-state index < -0.39 is 40.8 Å². The Morgan fingerprint density at radius 3 is 2.19 bits per heavy atom. The summed E-state index contributed by atoms with van der Waals surface area (Å²) in [7, 11) is 1.43. The number of para-hydroxylation sites is 1. The molecule has 0 bridgehead atoms. The normalized spacial score (nSPS) is 12.2. The molecule has 1 N–H and O–H groups in total. The molecule has 1 aromatic heterocycles. The molecule has 1 amide bonds. The summed E-state index contributed by atoms with van der Waals surface area (Å²) in [6.07, 6.45) is -10.1. The molecule has 0 spiro atoms. The van der Waals surface area contributed by atoms with Crippen molar-refractivity contribution in [1.82, 2.24) is 9.55 Å². The van der Waals surface area contributed by atoms with Gasteiger partial charge in [-0.3, -0.25) is 14.2 Å². The fourth-order valence-corrected chi connectivity index (χ4v) is 3.45. The molecule has 3 aromatic rings. The Morgan fingerprint density at radius 2 is 1.61 bits per heavy atom. The number of carbonyl (C=O) groups excluding carboxylic acids is 1. The second-order valence-corrected chi connectivity index (χ2v) is 7.35. The van der Waals surface area contributed by atoms with Crippen LogP contribution in [0.3, 0.4) is 0 Å². The van der Waals surface area contributed by atoms with Crippen LogP contribution in [0, 0.1) is 0 Å². The van der Waals surface area contributed by atoms with E-state index in [2.05, 4.69) is 4.98 Å². The maximum absolute atomic E-state index is 12.9. The van der Waals surface area contributed by atoms with Crippen molar-refractivity contribution in [3.63, 3.8) is 0 Å². The van der Waals surface area contributed by atoms with Gasteiger partial charge in [0.25, 0.3) is 5.56 Å². The van der Waals surface area contributed by atoms with E-state index in [-0.39, 0.29) is 16.8 Å². The fourth-order valence-electron chi connectivity index (χ4n) is 2.68. The van der Waals surface area contributed by atoms with Crippen molar-refractivity contribution in [3.05, 3.63) is 63.9 Å². The van der Waals surface area contributed by atoms with E-state index in [1.54, 1.807) is 24.3 Å². The molecule has 0 unspecified atom stereocenters. The molecule has 2 aromatic carbocycles. The molecule has 0 fully saturated rings. The van der Waals surface area contributed by atoms with Gasteiger partial charge in [0.05, 0.1) is 27.8 Å². The molecule has 5 nitrogen and oxygen atoms in total. The first-order valence-electron chi connectivity index (χ1n) is 8.54. The first-order valence-corrected chi connectivity index (χ1v) is 9.53. The minimum atomic E-state index is -5.03. The first kappa shape index (κ1) is 22.7. The third kappa shape index (κ3) is 5.19. The smallest absolute Gasteiger partial charge is 0.325 e. The van der Waals surface area contributed by atoms with Gasteiger partial charge in [-0.1, -0.05) is 23.9 Å². The van der Waals surface area contributed by atoms with Crippen LogP contribution in [-0.4, -0.2) is 21.2 Å². The Morgan fingerprint density at radius 1 is 1.03 bits per heavy atom. The Balaban J connectivity index is 1.81. The van der Waals surface area contributed by atoms with E-state index in [0.717, 1.165) is 11.8 Å². The van der Waals surface area contributed by atoms with Crippen molar-refractivity contribution in [2.45, 2.75) is 17.5 Å². The highest BCUT2D eigenvalue weighted by Crippen LogP contribution is 2.37. The van der Waals surface area contributed by atoms with Crippen LogP contribution in [0.2, 0.25) is 0 Å². The number of hydrogen-bond donors (Lipinski definition) is 1. The van der Waals surface area contributed by atoms with Crippen LogP contribution in [0.1, 0.15) is 11.1 Å². The molecular weight excluding hydrogens is 448 g/mol. The summed E-state index contributed by atoms with van der Waals surface area (Å²) in [5, 5.41) is 2.56. The van der Waals surface area contributed by atoms with Gasteiger partial charge in [-0.15, -0.1) is 0 Å². The van der Waals surface area contributed by atoms with Crippen LogP contribution < -0.4 is 10.9 Å². The summed E-state index contributed by atoms with van der Waals surface area (Å²) in [5.74, 6) is -1.25. The average Bonchev–Trinajstić information content (AvgIpc) is 2.68. The Bertz CT molecular complexity index is 1170. The molecule has 0 aliphatic heterocycles. The highest BCUT2D eigenvalue weighted by Gasteiger charge is 2.37. The predicted octanol–water partition coefficient (Wildman–Crippen LogP) is 4.70. The number of nitrogens with one attached hydrogen (secondary N) is 1. The van der Waals surface area contributed by atoms with Gasteiger partial charge in [-0.05, 0) is 30.3 Å². The molecule has 0 saturated heterocycles. The topological polar surface area (TPSA) is 64.0 Å². The SMILES string of the molecule is Cn1c(SCC(=O)Nc2cc(C(F)(F)F)cc(C(F)(F)F)c2)nc2ccccc2c1=O. The zero-order valence-electron chi connectivity index (χ0n) is 15.6. The minimum Gasteiger partial charge on any atom is -0.325 e. The van der Waals surface area contributed by atoms with E-state index in [1.807, 2.05) is 5.32 Å². The van der Waals surface area contributed by atoms with Crippen molar-refractivity contribution < 1.29 is 31.1 Å². The molecular formula is C19H13F6N3O2S. The lowest BCUT2D eigenvalue weighted by atomic mass is 10.1. The molecule has 164 valence electrons.